The third kappa shape index (κ3) is 5.70. The first-order valence-electron chi connectivity index (χ1n) is 11.2. The molecule has 8 nitrogen and oxygen atoms in total. The maximum atomic E-state index is 5.13. The summed E-state index contributed by atoms with van der Waals surface area (Å²) in [6.07, 6.45) is 13.0. The second-order valence-electron chi connectivity index (χ2n) is 8.62. The Morgan fingerprint density at radius 2 is 2.03 bits per heavy atom. The Kier molecular flexibility index (Phi) is 7.17. The van der Waals surface area contributed by atoms with Gasteiger partial charge in [-0.3, -0.25) is 0 Å². The van der Waals surface area contributed by atoms with E-state index in [-0.39, 0.29) is 6.04 Å². The summed E-state index contributed by atoms with van der Waals surface area (Å²) in [5.41, 5.74) is 0.988. The number of hydrogen-bond acceptors (Lipinski definition) is 6. The lowest BCUT2D eigenvalue weighted by Gasteiger charge is -2.33. The molecule has 4 rings (SSSR count). The number of nitrogens with one attached hydrogen (secondary N) is 3. The molecule has 1 aromatic rings. The molecule has 0 radical (unpaired) electrons. The SMILES string of the molecule is COCCNC1CCC(N=C2NC=CC(c3cc(NCC4CC4)ncn3)N2C)CC1. The highest BCUT2D eigenvalue weighted by Crippen LogP contribution is 2.29. The standard InChI is InChI=1S/C22H35N7O/c1-29-20(19-13-21(27-15-26-19)25-14-16-3-4-16)9-10-24-22(29)28-18-7-5-17(6-8-18)23-11-12-30-2/h9-10,13,15-18,20,23H,3-8,11-12,14H2,1-2H3,(H,24,28)(H,25,26,27). The lowest BCUT2D eigenvalue weighted by molar-refractivity contribution is 0.191. The molecule has 8 heteroatoms. The number of rotatable bonds is 9. The molecule has 1 unspecified atom stereocenters. The van der Waals surface area contributed by atoms with Crippen LogP contribution in [0.1, 0.15) is 50.3 Å². The Balaban J connectivity index is 1.34. The molecule has 2 heterocycles. The van der Waals surface area contributed by atoms with Crippen LogP contribution in [-0.2, 0) is 4.74 Å². The van der Waals surface area contributed by atoms with Crippen LogP contribution in [0, 0.1) is 5.92 Å². The zero-order valence-corrected chi connectivity index (χ0v) is 18.2. The average Bonchev–Trinajstić information content (AvgIpc) is 3.60. The fraction of sp³-hybridized carbons (Fsp3) is 0.682. The normalized spacial score (nSPS) is 27.9. The first kappa shape index (κ1) is 21.1. The zero-order chi connectivity index (χ0) is 20.8. The summed E-state index contributed by atoms with van der Waals surface area (Å²) in [7, 11) is 3.83. The van der Waals surface area contributed by atoms with Crippen LogP contribution in [0.25, 0.3) is 0 Å². The Morgan fingerprint density at radius 1 is 1.20 bits per heavy atom. The fourth-order valence-electron chi connectivity index (χ4n) is 4.15. The number of nitrogens with zero attached hydrogens (tertiary/aromatic N) is 4. The van der Waals surface area contributed by atoms with Crippen molar-refractivity contribution in [1.29, 1.82) is 0 Å². The molecule has 3 aliphatic rings. The number of methoxy groups -OCH3 is 1. The third-order valence-electron chi connectivity index (χ3n) is 6.24. The van der Waals surface area contributed by atoms with E-state index in [4.69, 9.17) is 9.73 Å². The molecule has 2 aliphatic carbocycles. The third-order valence-corrected chi connectivity index (χ3v) is 6.24. The van der Waals surface area contributed by atoms with Crippen LogP contribution in [0.15, 0.2) is 29.7 Å². The maximum Gasteiger partial charge on any atom is 0.198 e. The molecule has 1 aromatic heterocycles. The van der Waals surface area contributed by atoms with E-state index in [1.165, 1.54) is 12.8 Å². The Labute approximate surface area is 179 Å². The van der Waals surface area contributed by atoms with Gasteiger partial charge in [0.25, 0.3) is 0 Å². The van der Waals surface area contributed by atoms with Crippen molar-refractivity contribution in [2.45, 2.75) is 56.7 Å². The van der Waals surface area contributed by atoms with Crippen molar-refractivity contribution in [2.24, 2.45) is 10.9 Å². The molecule has 0 saturated heterocycles. The highest BCUT2D eigenvalue weighted by Gasteiger charge is 2.26. The zero-order valence-electron chi connectivity index (χ0n) is 18.2. The Hall–Kier alpha value is -2.19. The molecule has 0 bridgehead atoms. The van der Waals surface area contributed by atoms with E-state index >= 15 is 0 Å². The van der Waals surface area contributed by atoms with Crippen LogP contribution in [0.3, 0.4) is 0 Å². The lowest BCUT2D eigenvalue weighted by atomic mass is 9.91. The first-order valence-corrected chi connectivity index (χ1v) is 11.2. The van der Waals surface area contributed by atoms with E-state index in [0.717, 1.165) is 68.8 Å². The number of likely N-dealkylation sites (N-methyl/N-ethyl adjacent to an activating group) is 1. The van der Waals surface area contributed by atoms with E-state index in [1.807, 2.05) is 6.20 Å². The van der Waals surface area contributed by atoms with Crippen LogP contribution in [0.2, 0.25) is 0 Å². The molecule has 2 saturated carbocycles. The average molecular weight is 414 g/mol. The number of ether oxygens (including phenoxy) is 1. The summed E-state index contributed by atoms with van der Waals surface area (Å²) in [6.45, 7) is 2.70. The highest BCUT2D eigenvalue weighted by molar-refractivity contribution is 5.82. The quantitative estimate of drug-likeness (QED) is 0.536. The van der Waals surface area contributed by atoms with Crippen LogP contribution in [-0.4, -0.2) is 66.8 Å². The van der Waals surface area contributed by atoms with Crippen molar-refractivity contribution in [3.8, 4) is 0 Å². The molecular weight excluding hydrogens is 378 g/mol. The molecule has 1 atom stereocenters. The van der Waals surface area contributed by atoms with Crippen LogP contribution >= 0.6 is 0 Å². The van der Waals surface area contributed by atoms with Crippen molar-refractivity contribution < 1.29 is 4.74 Å². The van der Waals surface area contributed by atoms with E-state index in [1.54, 1.807) is 13.4 Å². The summed E-state index contributed by atoms with van der Waals surface area (Å²) in [5, 5.41) is 10.4. The molecule has 30 heavy (non-hydrogen) atoms. The van der Waals surface area contributed by atoms with Gasteiger partial charge in [0.05, 0.1) is 24.4 Å². The summed E-state index contributed by atoms with van der Waals surface area (Å²) in [5.74, 6) is 2.64. The van der Waals surface area contributed by atoms with Crippen molar-refractivity contribution in [3.63, 3.8) is 0 Å². The Morgan fingerprint density at radius 3 is 2.80 bits per heavy atom. The molecule has 2 fully saturated rings. The lowest BCUT2D eigenvalue weighted by Crippen LogP contribution is -2.43. The van der Waals surface area contributed by atoms with Gasteiger partial charge < -0.3 is 25.6 Å². The van der Waals surface area contributed by atoms with Crippen LogP contribution < -0.4 is 16.0 Å². The molecule has 0 aromatic carbocycles. The molecule has 0 spiro atoms. The maximum absolute atomic E-state index is 5.13. The van der Waals surface area contributed by atoms with E-state index in [9.17, 15) is 0 Å². The molecule has 3 N–H and O–H groups in total. The Bertz CT molecular complexity index is 741. The van der Waals surface area contributed by atoms with Gasteiger partial charge >= 0.3 is 0 Å². The number of aliphatic imine (C=N–C) groups is 1. The van der Waals surface area contributed by atoms with Gasteiger partial charge in [-0.1, -0.05) is 0 Å². The van der Waals surface area contributed by atoms with Gasteiger partial charge in [0.1, 0.15) is 12.1 Å². The van der Waals surface area contributed by atoms with E-state index < -0.39 is 0 Å². The molecular formula is C22H35N7O. The number of anilines is 1. The van der Waals surface area contributed by atoms with Gasteiger partial charge in [0.2, 0.25) is 0 Å². The minimum absolute atomic E-state index is 0.0570. The summed E-state index contributed by atoms with van der Waals surface area (Å²) in [6, 6.07) is 3.07. The number of hydrogen-bond donors (Lipinski definition) is 3. The van der Waals surface area contributed by atoms with E-state index in [0.29, 0.717) is 12.1 Å². The van der Waals surface area contributed by atoms with E-state index in [2.05, 4.69) is 50.0 Å². The fourth-order valence-corrected chi connectivity index (χ4v) is 4.15. The van der Waals surface area contributed by atoms with Gasteiger partial charge in [-0.05, 0) is 50.5 Å². The van der Waals surface area contributed by atoms with Gasteiger partial charge in [0.15, 0.2) is 5.96 Å². The van der Waals surface area contributed by atoms with Gasteiger partial charge in [-0.15, -0.1) is 0 Å². The van der Waals surface area contributed by atoms with Gasteiger partial charge in [-0.25, -0.2) is 15.0 Å². The predicted octanol–water partition coefficient (Wildman–Crippen LogP) is 2.29. The van der Waals surface area contributed by atoms with Gasteiger partial charge in [-0.2, -0.15) is 0 Å². The molecule has 1 aliphatic heterocycles. The van der Waals surface area contributed by atoms with Crippen molar-refractivity contribution >= 4 is 11.8 Å². The number of guanidine groups is 1. The monoisotopic (exact) mass is 413 g/mol. The summed E-state index contributed by atoms with van der Waals surface area (Å²) < 4.78 is 5.13. The second kappa shape index (κ2) is 10.2. The summed E-state index contributed by atoms with van der Waals surface area (Å²) in [4.78, 5) is 16.1. The molecule has 0 amide bonds. The largest absolute Gasteiger partial charge is 0.383 e. The van der Waals surface area contributed by atoms with Crippen LogP contribution in [0.5, 0.6) is 0 Å². The number of aromatic nitrogens is 2. The smallest absolute Gasteiger partial charge is 0.198 e. The van der Waals surface area contributed by atoms with Gasteiger partial charge in [0, 0.05) is 45.6 Å². The first-order chi connectivity index (χ1) is 14.7. The predicted molar refractivity (Wildman–Crippen MR) is 119 cm³/mol. The molecule has 164 valence electrons. The highest BCUT2D eigenvalue weighted by atomic mass is 16.5. The summed E-state index contributed by atoms with van der Waals surface area (Å²) >= 11 is 0. The van der Waals surface area contributed by atoms with Crippen molar-refractivity contribution in [2.75, 3.05) is 39.2 Å². The van der Waals surface area contributed by atoms with Crippen molar-refractivity contribution in [1.82, 2.24) is 25.5 Å². The minimum Gasteiger partial charge on any atom is -0.383 e. The topological polar surface area (TPSA) is 86.7 Å². The second-order valence-corrected chi connectivity index (χ2v) is 8.62. The van der Waals surface area contributed by atoms with Crippen molar-refractivity contribution in [3.05, 3.63) is 30.4 Å². The minimum atomic E-state index is 0.0570. The van der Waals surface area contributed by atoms with Crippen LogP contribution in [0.4, 0.5) is 5.82 Å².